The fraction of sp³-hybridized carbons (Fsp3) is 0.961. The van der Waals surface area contributed by atoms with Crippen LogP contribution in [-0.2, 0) is 23.8 Å². The van der Waals surface area contributed by atoms with Crippen molar-refractivity contribution in [3.8, 4) is 0 Å². The van der Waals surface area contributed by atoms with E-state index in [1.807, 2.05) is 0 Å². The molecule has 56 heavy (non-hydrogen) atoms. The van der Waals surface area contributed by atoms with Crippen LogP contribution in [0.3, 0.4) is 0 Å². The van der Waals surface area contributed by atoms with Crippen molar-refractivity contribution in [3.05, 3.63) is 0 Å². The quantitative estimate of drug-likeness (QED) is 0.0454. The van der Waals surface area contributed by atoms with Gasteiger partial charge in [0, 0.05) is 19.4 Å². The zero-order valence-corrected chi connectivity index (χ0v) is 38.4. The van der Waals surface area contributed by atoms with E-state index in [4.69, 9.17) is 14.2 Å². The molecule has 5 heteroatoms. The molecule has 334 valence electrons. The number of hydrogen-bond acceptors (Lipinski definition) is 5. The minimum atomic E-state index is -0.521. The number of carbonyl (C=O) groups is 2. The van der Waals surface area contributed by atoms with Gasteiger partial charge in [0.05, 0.1) is 6.61 Å². The van der Waals surface area contributed by atoms with Crippen LogP contribution >= 0.6 is 0 Å². The van der Waals surface area contributed by atoms with Crippen molar-refractivity contribution in [2.24, 2.45) is 0 Å². The highest BCUT2D eigenvalue weighted by Crippen LogP contribution is 2.17. The Hall–Kier alpha value is -1.10. The molecule has 0 radical (unpaired) electrons. The lowest BCUT2D eigenvalue weighted by molar-refractivity contribution is -0.163. The van der Waals surface area contributed by atoms with Crippen LogP contribution in [0.4, 0.5) is 0 Å². The van der Waals surface area contributed by atoms with Gasteiger partial charge in [0.1, 0.15) is 6.61 Å². The van der Waals surface area contributed by atoms with Crippen LogP contribution < -0.4 is 0 Å². The minimum Gasteiger partial charge on any atom is -0.462 e. The molecular weight excluding hydrogens is 693 g/mol. The summed E-state index contributed by atoms with van der Waals surface area (Å²) in [6, 6.07) is 0. The van der Waals surface area contributed by atoms with E-state index in [1.54, 1.807) is 0 Å². The summed E-state index contributed by atoms with van der Waals surface area (Å²) in [6.07, 6.45) is 52.5. The van der Waals surface area contributed by atoms with Crippen LogP contribution in [0.25, 0.3) is 0 Å². The van der Waals surface area contributed by atoms with Gasteiger partial charge < -0.3 is 14.2 Å². The third kappa shape index (κ3) is 45.6. The number of unbranched alkanes of at least 4 members (excludes halogenated alkanes) is 37. The van der Waals surface area contributed by atoms with E-state index < -0.39 is 6.10 Å². The second kappa shape index (κ2) is 48.3. The Kier molecular flexibility index (Phi) is 47.3. The molecule has 0 aliphatic heterocycles. The number of carbonyl (C=O) groups excluding carboxylic acids is 2. The van der Waals surface area contributed by atoms with Crippen molar-refractivity contribution in [3.63, 3.8) is 0 Å². The molecule has 0 N–H and O–H groups in total. The lowest BCUT2D eigenvalue weighted by Gasteiger charge is -2.18. The Balaban J connectivity index is 4.08. The van der Waals surface area contributed by atoms with Gasteiger partial charge in [-0.25, -0.2) is 0 Å². The molecule has 0 saturated carbocycles. The normalized spacial score (nSPS) is 12.0. The standard InChI is InChI=1S/C51H100O5/c1-4-7-10-13-16-19-21-23-25-26-28-29-31-33-35-38-41-44-50(52)55-48-49(47-54-46-43-40-37-18-15-12-9-6-3)56-51(53)45-42-39-36-34-32-30-27-24-22-20-17-14-11-8-5-2/h49H,4-48H2,1-3H3. The maximum Gasteiger partial charge on any atom is 0.306 e. The van der Waals surface area contributed by atoms with Gasteiger partial charge in [-0.05, 0) is 19.3 Å². The van der Waals surface area contributed by atoms with Crippen LogP contribution in [0.2, 0.25) is 0 Å². The largest absolute Gasteiger partial charge is 0.462 e. The molecule has 5 nitrogen and oxygen atoms in total. The molecule has 0 heterocycles. The monoisotopic (exact) mass is 793 g/mol. The van der Waals surface area contributed by atoms with Gasteiger partial charge in [0.2, 0.25) is 0 Å². The molecule has 0 rings (SSSR count). The molecule has 0 fully saturated rings. The maximum atomic E-state index is 12.7. The van der Waals surface area contributed by atoms with E-state index in [0.29, 0.717) is 26.1 Å². The summed E-state index contributed by atoms with van der Waals surface area (Å²) in [6.45, 7) is 7.88. The van der Waals surface area contributed by atoms with Crippen molar-refractivity contribution in [2.75, 3.05) is 19.8 Å². The smallest absolute Gasteiger partial charge is 0.306 e. The first-order valence-electron chi connectivity index (χ1n) is 25.6. The Morgan fingerprint density at radius 2 is 0.589 bits per heavy atom. The second-order valence-corrected chi connectivity index (χ2v) is 17.5. The van der Waals surface area contributed by atoms with Crippen LogP contribution in [0.1, 0.15) is 290 Å². The zero-order valence-electron chi connectivity index (χ0n) is 38.4. The first-order valence-corrected chi connectivity index (χ1v) is 25.6. The van der Waals surface area contributed by atoms with Crippen LogP contribution in [0.5, 0.6) is 0 Å². The van der Waals surface area contributed by atoms with E-state index in [9.17, 15) is 9.59 Å². The Morgan fingerprint density at radius 3 is 0.911 bits per heavy atom. The minimum absolute atomic E-state index is 0.0970. The van der Waals surface area contributed by atoms with Crippen LogP contribution in [-0.4, -0.2) is 37.9 Å². The molecule has 0 amide bonds. The van der Waals surface area contributed by atoms with Crippen molar-refractivity contribution in [1.82, 2.24) is 0 Å². The molecule has 0 aromatic heterocycles. The molecule has 0 aliphatic rings. The molecule has 1 unspecified atom stereocenters. The highest BCUT2D eigenvalue weighted by molar-refractivity contribution is 5.70. The lowest BCUT2D eigenvalue weighted by atomic mass is 10.0. The molecule has 0 aromatic carbocycles. The number of esters is 2. The predicted octanol–water partition coefficient (Wildman–Crippen LogP) is 16.9. The molecule has 0 spiro atoms. The fourth-order valence-electron chi connectivity index (χ4n) is 7.81. The van der Waals surface area contributed by atoms with Gasteiger partial charge in [-0.15, -0.1) is 0 Å². The number of rotatable bonds is 48. The van der Waals surface area contributed by atoms with Crippen LogP contribution in [0.15, 0.2) is 0 Å². The summed E-state index contributed by atoms with van der Waals surface area (Å²) in [5, 5.41) is 0. The fourth-order valence-corrected chi connectivity index (χ4v) is 7.81. The molecule has 0 bridgehead atoms. The molecular formula is C51H100O5. The van der Waals surface area contributed by atoms with Crippen LogP contribution in [0, 0.1) is 0 Å². The molecule has 0 aliphatic carbocycles. The van der Waals surface area contributed by atoms with E-state index in [1.165, 1.54) is 225 Å². The highest BCUT2D eigenvalue weighted by Gasteiger charge is 2.17. The Morgan fingerprint density at radius 1 is 0.321 bits per heavy atom. The van der Waals surface area contributed by atoms with E-state index >= 15 is 0 Å². The van der Waals surface area contributed by atoms with Gasteiger partial charge in [0.15, 0.2) is 6.10 Å². The lowest BCUT2D eigenvalue weighted by Crippen LogP contribution is -2.30. The average molecular weight is 793 g/mol. The third-order valence-corrected chi connectivity index (χ3v) is 11.6. The highest BCUT2D eigenvalue weighted by atomic mass is 16.6. The van der Waals surface area contributed by atoms with Crippen molar-refractivity contribution in [1.29, 1.82) is 0 Å². The molecule has 0 saturated heterocycles. The molecule has 1 atom stereocenters. The van der Waals surface area contributed by atoms with Gasteiger partial charge in [0.25, 0.3) is 0 Å². The van der Waals surface area contributed by atoms with Crippen molar-refractivity contribution >= 4 is 11.9 Å². The third-order valence-electron chi connectivity index (χ3n) is 11.6. The molecule has 0 aromatic rings. The summed E-state index contributed by atoms with van der Waals surface area (Å²) in [4.78, 5) is 25.3. The summed E-state index contributed by atoms with van der Waals surface area (Å²) in [5.74, 6) is -0.373. The van der Waals surface area contributed by atoms with Crippen molar-refractivity contribution < 1.29 is 23.8 Å². The maximum absolute atomic E-state index is 12.7. The zero-order chi connectivity index (χ0) is 40.7. The predicted molar refractivity (Wildman–Crippen MR) is 243 cm³/mol. The van der Waals surface area contributed by atoms with E-state index in [2.05, 4.69) is 20.8 Å². The van der Waals surface area contributed by atoms with E-state index in [-0.39, 0.29) is 18.5 Å². The first kappa shape index (κ1) is 54.9. The number of hydrogen-bond donors (Lipinski definition) is 0. The number of ether oxygens (including phenoxy) is 3. The SMILES string of the molecule is CCCCCCCCCCCCCCCCCCCC(=O)OCC(COCCCCCCCCCC)OC(=O)CCCCCCCCCCCCCCCCC. The summed E-state index contributed by atoms with van der Waals surface area (Å²) >= 11 is 0. The van der Waals surface area contributed by atoms with E-state index in [0.717, 1.165) is 32.1 Å². The van der Waals surface area contributed by atoms with Gasteiger partial charge >= 0.3 is 11.9 Å². The van der Waals surface area contributed by atoms with Gasteiger partial charge in [-0.1, -0.05) is 258 Å². The second-order valence-electron chi connectivity index (χ2n) is 17.5. The first-order chi connectivity index (χ1) is 27.6. The summed E-state index contributed by atoms with van der Waals surface area (Å²) < 4.78 is 17.3. The van der Waals surface area contributed by atoms with Gasteiger partial charge in [-0.3, -0.25) is 9.59 Å². The Labute approximate surface area is 351 Å². The average Bonchev–Trinajstić information content (AvgIpc) is 3.20. The summed E-state index contributed by atoms with van der Waals surface area (Å²) in [5.41, 5.74) is 0. The summed E-state index contributed by atoms with van der Waals surface area (Å²) in [7, 11) is 0. The van der Waals surface area contributed by atoms with Crippen molar-refractivity contribution in [2.45, 2.75) is 297 Å². The Bertz CT molecular complexity index is 769. The topological polar surface area (TPSA) is 61.8 Å². The van der Waals surface area contributed by atoms with Gasteiger partial charge in [-0.2, -0.15) is 0 Å².